The summed E-state index contributed by atoms with van der Waals surface area (Å²) < 4.78 is 0. The van der Waals surface area contributed by atoms with Gasteiger partial charge in [-0.15, -0.1) is 0 Å². The summed E-state index contributed by atoms with van der Waals surface area (Å²) in [5, 5.41) is 84.9. The molecule has 0 aliphatic heterocycles. The fourth-order valence-corrected chi connectivity index (χ4v) is 1.78. The zero-order valence-corrected chi connectivity index (χ0v) is 23.4. The van der Waals surface area contributed by atoms with Crippen LogP contribution in [-0.2, 0) is 24.0 Å². The SMILES string of the molecule is CC(O)C(O)CC=O.CC(O)CC(O)C=O.CCC(O)C(O)C=O.O=CC(O)CCCO.O=CCC(O)CCO. The van der Waals surface area contributed by atoms with Gasteiger partial charge in [0, 0.05) is 32.5 Å². The van der Waals surface area contributed by atoms with Gasteiger partial charge in [-0.25, -0.2) is 0 Å². The lowest BCUT2D eigenvalue weighted by atomic mass is 10.2. The summed E-state index contributed by atoms with van der Waals surface area (Å²) in [6, 6.07) is 0. The van der Waals surface area contributed by atoms with Crippen LogP contribution in [0.4, 0.5) is 0 Å². The standard InChI is InChI=1S/5C5H10O3/c1-4(7)2-5(8)3-6;1-4(7)5(8)2-3-6;6-3-1-5(8)2-4-7;1-2-4(7)5(8)3-6;6-3-1-2-5(8)4-7/h2*3-5,7-8H,2H2,1H3;3,5,7-8H,1-2,4H2;3-5,7-8H,2H2,1H3;4-6,8H,1-3H2. The predicted octanol–water partition coefficient (Wildman–Crippen LogP) is -3.41. The maximum Gasteiger partial charge on any atom is 0.151 e. The molecule has 0 aliphatic carbocycles. The number of aldehydes is 5. The van der Waals surface area contributed by atoms with E-state index < -0.39 is 48.8 Å². The van der Waals surface area contributed by atoms with E-state index in [2.05, 4.69) is 0 Å². The van der Waals surface area contributed by atoms with Gasteiger partial charge in [0.1, 0.15) is 43.5 Å². The van der Waals surface area contributed by atoms with Gasteiger partial charge in [0.2, 0.25) is 0 Å². The van der Waals surface area contributed by atoms with E-state index in [4.69, 9.17) is 51.1 Å². The van der Waals surface area contributed by atoms with Crippen molar-refractivity contribution in [1.82, 2.24) is 0 Å². The van der Waals surface area contributed by atoms with E-state index in [1.54, 1.807) is 6.92 Å². The van der Waals surface area contributed by atoms with Crippen LogP contribution in [0.2, 0.25) is 0 Å². The second-order valence-electron chi connectivity index (χ2n) is 8.24. The van der Waals surface area contributed by atoms with Crippen molar-refractivity contribution in [3.05, 3.63) is 0 Å². The Balaban J connectivity index is -0.000000128. The van der Waals surface area contributed by atoms with E-state index in [0.717, 1.165) is 0 Å². The van der Waals surface area contributed by atoms with Crippen molar-refractivity contribution in [2.24, 2.45) is 0 Å². The molecule has 8 unspecified atom stereocenters. The Morgan fingerprint density at radius 1 is 0.625 bits per heavy atom. The van der Waals surface area contributed by atoms with Gasteiger partial charge in [0.05, 0.1) is 30.5 Å². The van der Waals surface area contributed by atoms with Crippen LogP contribution in [0, 0.1) is 0 Å². The summed E-state index contributed by atoms with van der Waals surface area (Å²) in [7, 11) is 0. The molecule has 10 N–H and O–H groups in total. The molecule has 0 saturated heterocycles. The first-order valence-corrected chi connectivity index (χ1v) is 12.6. The predicted molar refractivity (Wildman–Crippen MR) is 142 cm³/mol. The smallest absolute Gasteiger partial charge is 0.151 e. The zero-order valence-electron chi connectivity index (χ0n) is 23.4. The fourth-order valence-electron chi connectivity index (χ4n) is 1.78. The molecular formula is C25H50O15. The highest BCUT2D eigenvalue weighted by Crippen LogP contribution is 1.95. The van der Waals surface area contributed by atoms with Crippen LogP contribution in [0.15, 0.2) is 0 Å². The van der Waals surface area contributed by atoms with Crippen molar-refractivity contribution < 1.29 is 75.0 Å². The van der Waals surface area contributed by atoms with E-state index in [1.165, 1.54) is 13.8 Å². The van der Waals surface area contributed by atoms with Crippen LogP contribution >= 0.6 is 0 Å². The molecule has 0 heterocycles. The number of carbonyl (C=O) groups excluding carboxylic acids is 5. The number of hydrogen-bond donors (Lipinski definition) is 10. The molecule has 0 amide bonds. The lowest BCUT2D eigenvalue weighted by Gasteiger charge is -2.07. The van der Waals surface area contributed by atoms with Crippen molar-refractivity contribution in [3.8, 4) is 0 Å². The van der Waals surface area contributed by atoms with Crippen molar-refractivity contribution in [3.63, 3.8) is 0 Å². The minimum absolute atomic E-state index is 0.0116. The molecule has 0 saturated carbocycles. The third-order valence-electron chi connectivity index (χ3n) is 4.23. The minimum Gasteiger partial charge on any atom is -0.396 e. The van der Waals surface area contributed by atoms with E-state index in [-0.39, 0.29) is 32.5 Å². The van der Waals surface area contributed by atoms with Crippen LogP contribution in [0.3, 0.4) is 0 Å². The van der Waals surface area contributed by atoms with Crippen LogP contribution in [0.1, 0.15) is 65.7 Å². The highest BCUT2D eigenvalue weighted by molar-refractivity contribution is 5.56. The summed E-state index contributed by atoms with van der Waals surface area (Å²) in [5.74, 6) is 0. The Bertz CT molecular complexity index is 560. The molecule has 0 bridgehead atoms. The molecule has 240 valence electrons. The molecule has 0 aromatic heterocycles. The largest absolute Gasteiger partial charge is 0.396 e. The summed E-state index contributed by atoms with van der Waals surface area (Å²) in [6.07, 6.45) is -2.72. The maximum absolute atomic E-state index is 9.70. The molecular weight excluding hydrogens is 540 g/mol. The number of carbonyl (C=O) groups is 5. The Labute approximate surface area is 234 Å². The second kappa shape index (κ2) is 37.0. The summed E-state index contributed by atoms with van der Waals surface area (Å²) >= 11 is 0. The average molecular weight is 591 g/mol. The van der Waals surface area contributed by atoms with Gasteiger partial charge in [-0.1, -0.05) is 6.92 Å². The first-order valence-electron chi connectivity index (χ1n) is 12.6. The zero-order chi connectivity index (χ0) is 32.5. The maximum atomic E-state index is 9.70. The normalized spacial score (nSPS) is 15.7. The molecule has 0 aliphatic rings. The van der Waals surface area contributed by atoms with Crippen LogP contribution in [0.5, 0.6) is 0 Å². The van der Waals surface area contributed by atoms with Gasteiger partial charge in [0.15, 0.2) is 6.29 Å². The number of aliphatic hydroxyl groups excluding tert-OH is 10. The Morgan fingerprint density at radius 2 is 1.12 bits per heavy atom. The lowest BCUT2D eigenvalue weighted by molar-refractivity contribution is -0.120. The molecule has 0 aromatic rings. The third-order valence-corrected chi connectivity index (χ3v) is 4.23. The highest BCUT2D eigenvalue weighted by Gasteiger charge is 2.11. The number of aliphatic hydroxyl groups is 10. The molecule has 15 heteroatoms. The van der Waals surface area contributed by atoms with Crippen LogP contribution in [0.25, 0.3) is 0 Å². The van der Waals surface area contributed by atoms with Gasteiger partial charge in [-0.3, -0.25) is 0 Å². The van der Waals surface area contributed by atoms with Gasteiger partial charge in [0.25, 0.3) is 0 Å². The first-order chi connectivity index (χ1) is 18.7. The van der Waals surface area contributed by atoms with Crippen molar-refractivity contribution >= 4 is 31.4 Å². The fraction of sp³-hybridized carbons (Fsp3) is 0.800. The first kappa shape index (κ1) is 47.7. The van der Waals surface area contributed by atoms with Crippen molar-refractivity contribution in [2.45, 2.75) is 115 Å². The van der Waals surface area contributed by atoms with E-state index in [1.807, 2.05) is 0 Å². The number of hydrogen-bond acceptors (Lipinski definition) is 15. The number of rotatable bonds is 17. The van der Waals surface area contributed by atoms with Gasteiger partial charge < -0.3 is 75.0 Å². The van der Waals surface area contributed by atoms with Gasteiger partial charge in [-0.2, -0.15) is 0 Å². The second-order valence-corrected chi connectivity index (χ2v) is 8.24. The molecule has 0 radical (unpaired) electrons. The van der Waals surface area contributed by atoms with Crippen LogP contribution in [-0.4, -0.2) is 145 Å². The Kier molecular flexibility index (Phi) is 44.1. The summed E-state index contributed by atoms with van der Waals surface area (Å²) in [4.78, 5) is 48.4. The van der Waals surface area contributed by atoms with Crippen molar-refractivity contribution in [2.75, 3.05) is 13.2 Å². The van der Waals surface area contributed by atoms with Gasteiger partial charge in [-0.05, 0) is 39.5 Å². The quantitative estimate of drug-likeness (QED) is 0.0738. The van der Waals surface area contributed by atoms with E-state index in [0.29, 0.717) is 57.1 Å². The Hall–Kier alpha value is -2.05. The molecule has 0 spiro atoms. The topological polar surface area (TPSA) is 288 Å². The molecule has 15 nitrogen and oxygen atoms in total. The average Bonchev–Trinajstić information content (AvgIpc) is 2.92. The highest BCUT2D eigenvalue weighted by atomic mass is 16.3. The molecule has 0 rings (SSSR count). The summed E-state index contributed by atoms with van der Waals surface area (Å²) in [5.41, 5.74) is 0. The van der Waals surface area contributed by atoms with Gasteiger partial charge >= 0.3 is 0 Å². The van der Waals surface area contributed by atoms with E-state index in [9.17, 15) is 24.0 Å². The molecule has 0 aromatic carbocycles. The molecule has 40 heavy (non-hydrogen) atoms. The van der Waals surface area contributed by atoms with Crippen LogP contribution < -0.4 is 0 Å². The summed E-state index contributed by atoms with van der Waals surface area (Å²) in [6.45, 7) is 4.62. The third kappa shape index (κ3) is 45.8. The lowest BCUT2D eigenvalue weighted by Crippen LogP contribution is -2.25. The van der Waals surface area contributed by atoms with E-state index >= 15 is 0 Å². The molecule has 8 atom stereocenters. The van der Waals surface area contributed by atoms with Crippen molar-refractivity contribution in [1.29, 1.82) is 0 Å². The minimum atomic E-state index is -1.21. The monoisotopic (exact) mass is 590 g/mol. The Morgan fingerprint density at radius 3 is 1.35 bits per heavy atom. The molecule has 0 fully saturated rings.